The van der Waals surface area contributed by atoms with Crippen LogP contribution in [0.25, 0.3) is 0 Å². The van der Waals surface area contributed by atoms with Gasteiger partial charge in [-0.05, 0) is 19.2 Å². The molecule has 0 aromatic heterocycles. The second kappa shape index (κ2) is 8.04. The molecule has 1 saturated heterocycles. The van der Waals surface area contributed by atoms with Crippen molar-refractivity contribution in [3.63, 3.8) is 0 Å². The van der Waals surface area contributed by atoms with Crippen molar-refractivity contribution in [3.8, 4) is 0 Å². The van der Waals surface area contributed by atoms with Crippen LogP contribution in [0, 0.1) is 0 Å². The maximum Gasteiger partial charge on any atom is 0.239 e. The van der Waals surface area contributed by atoms with Gasteiger partial charge in [-0.1, -0.05) is 12.1 Å². The fraction of sp³-hybridized carbons (Fsp3) is 0.588. The Bertz CT molecular complexity index is 531. The summed E-state index contributed by atoms with van der Waals surface area (Å²) in [6.07, 6.45) is 0. The molecule has 1 fully saturated rings. The van der Waals surface area contributed by atoms with E-state index in [0.717, 1.165) is 51.6 Å². The van der Waals surface area contributed by atoms with Crippen LogP contribution in [0.4, 0.5) is 5.69 Å². The Morgan fingerprint density at radius 2 is 1.96 bits per heavy atom. The highest BCUT2D eigenvalue weighted by atomic mass is 32.2. The lowest BCUT2D eigenvalue weighted by Crippen LogP contribution is -2.47. The molecule has 2 heterocycles. The van der Waals surface area contributed by atoms with Gasteiger partial charge in [-0.25, -0.2) is 0 Å². The summed E-state index contributed by atoms with van der Waals surface area (Å²) in [6, 6.07) is 8.35. The van der Waals surface area contributed by atoms with Crippen LogP contribution >= 0.6 is 11.8 Å². The minimum absolute atomic E-state index is 0.126. The lowest BCUT2D eigenvalue weighted by Gasteiger charge is -2.32. The Balaban J connectivity index is 1.42. The number of anilines is 1. The van der Waals surface area contributed by atoms with Crippen molar-refractivity contribution in [3.05, 3.63) is 24.3 Å². The van der Waals surface area contributed by atoms with Crippen LogP contribution < -0.4 is 10.2 Å². The molecule has 0 bridgehead atoms. The number of hydrogen-bond acceptors (Lipinski definition) is 5. The van der Waals surface area contributed by atoms with E-state index in [1.54, 1.807) is 0 Å². The molecular weight excluding hydrogens is 308 g/mol. The number of likely N-dealkylation sites (N-methyl/N-ethyl adjacent to an activating group) is 1. The molecule has 0 saturated carbocycles. The summed E-state index contributed by atoms with van der Waals surface area (Å²) < 4.78 is 0. The lowest BCUT2D eigenvalue weighted by molar-refractivity contribution is -0.119. The summed E-state index contributed by atoms with van der Waals surface area (Å²) in [5.41, 5.74) is 1.19. The summed E-state index contributed by atoms with van der Waals surface area (Å²) in [5.74, 6) is 1.17. The molecule has 0 unspecified atom stereocenters. The Kier molecular flexibility index (Phi) is 5.80. The normalized spacial score (nSPS) is 19.4. The molecule has 2 aliphatic heterocycles. The Labute approximate surface area is 143 Å². The molecule has 23 heavy (non-hydrogen) atoms. The predicted octanol–water partition coefficient (Wildman–Crippen LogP) is 0.962. The van der Waals surface area contributed by atoms with Crippen molar-refractivity contribution in [1.29, 1.82) is 0 Å². The first-order chi connectivity index (χ1) is 11.2. The fourth-order valence-corrected chi connectivity index (χ4v) is 4.10. The first kappa shape index (κ1) is 16.6. The number of carbonyl (C=O) groups is 1. The third kappa shape index (κ3) is 4.62. The molecule has 1 amide bonds. The molecule has 0 radical (unpaired) electrons. The smallest absolute Gasteiger partial charge is 0.239 e. The van der Waals surface area contributed by atoms with Crippen LogP contribution in [0.15, 0.2) is 29.2 Å². The van der Waals surface area contributed by atoms with E-state index in [0.29, 0.717) is 6.54 Å². The molecule has 6 heteroatoms. The average molecular weight is 334 g/mol. The molecule has 5 nitrogen and oxygen atoms in total. The number of nitrogens with one attached hydrogen (secondary N) is 1. The quantitative estimate of drug-likeness (QED) is 0.868. The molecule has 0 atom stereocenters. The molecule has 0 spiro atoms. The van der Waals surface area contributed by atoms with Gasteiger partial charge in [-0.3, -0.25) is 9.69 Å². The van der Waals surface area contributed by atoms with E-state index in [1.165, 1.54) is 10.6 Å². The van der Waals surface area contributed by atoms with Crippen LogP contribution in [0.5, 0.6) is 0 Å². The number of thioether (sulfide) groups is 1. The number of amides is 1. The minimum Gasteiger partial charge on any atom is -0.360 e. The molecule has 3 rings (SSSR count). The second-order valence-corrected chi connectivity index (χ2v) is 7.37. The average Bonchev–Trinajstić information content (AvgIpc) is 2.57. The highest BCUT2D eigenvalue weighted by Gasteiger charge is 2.19. The van der Waals surface area contributed by atoms with Crippen molar-refractivity contribution in [2.75, 3.05) is 70.1 Å². The van der Waals surface area contributed by atoms with Crippen LogP contribution in [-0.4, -0.2) is 80.9 Å². The zero-order valence-corrected chi connectivity index (χ0v) is 14.6. The number of para-hydroxylation sites is 1. The molecule has 2 aliphatic rings. The summed E-state index contributed by atoms with van der Waals surface area (Å²) in [5, 5.41) is 3.08. The molecular formula is C17H26N4OS. The first-order valence-electron chi connectivity index (χ1n) is 8.37. The van der Waals surface area contributed by atoms with Crippen LogP contribution in [-0.2, 0) is 4.79 Å². The topological polar surface area (TPSA) is 38.8 Å². The number of benzene rings is 1. The number of carbonyl (C=O) groups excluding carboxylic acids is 1. The predicted molar refractivity (Wildman–Crippen MR) is 96.3 cm³/mol. The number of rotatable bonds is 5. The van der Waals surface area contributed by atoms with Crippen LogP contribution in [0.2, 0.25) is 0 Å². The third-order valence-corrected chi connectivity index (χ3v) is 5.55. The maximum absolute atomic E-state index is 12.2. The van der Waals surface area contributed by atoms with E-state index in [2.05, 4.69) is 45.3 Å². The van der Waals surface area contributed by atoms with Gasteiger partial charge in [0.1, 0.15) is 0 Å². The van der Waals surface area contributed by atoms with E-state index in [-0.39, 0.29) is 5.91 Å². The number of fused-ring (bicyclic) bond motifs is 1. The van der Waals surface area contributed by atoms with Gasteiger partial charge in [0.15, 0.2) is 0 Å². The summed E-state index contributed by atoms with van der Waals surface area (Å²) >= 11 is 1.87. The Morgan fingerprint density at radius 1 is 1.17 bits per heavy atom. The molecule has 126 valence electrons. The first-order valence-corrected chi connectivity index (χ1v) is 9.35. The van der Waals surface area contributed by atoms with E-state index in [9.17, 15) is 4.79 Å². The van der Waals surface area contributed by atoms with Crippen LogP contribution in [0.3, 0.4) is 0 Å². The maximum atomic E-state index is 12.2. The van der Waals surface area contributed by atoms with Crippen molar-refractivity contribution >= 4 is 23.4 Å². The van der Waals surface area contributed by atoms with E-state index >= 15 is 0 Å². The molecule has 1 aromatic rings. The van der Waals surface area contributed by atoms with Gasteiger partial charge in [0.25, 0.3) is 0 Å². The largest absolute Gasteiger partial charge is 0.360 e. The summed E-state index contributed by atoms with van der Waals surface area (Å²) in [7, 11) is 2.16. The van der Waals surface area contributed by atoms with Gasteiger partial charge in [0.2, 0.25) is 5.91 Å². The van der Waals surface area contributed by atoms with Crippen molar-refractivity contribution in [1.82, 2.24) is 15.1 Å². The zero-order valence-electron chi connectivity index (χ0n) is 13.8. The number of piperazine rings is 1. The van der Waals surface area contributed by atoms with Gasteiger partial charge in [-0.15, -0.1) is 11.8 Å². The summed E-state index contributed by atoms with van der Waals surface area (Å²) in [6.45, 7) is 7.53. The minimum atomic E-state index is 0.126. The van der Waals surface area contributed by atoms with E-state index in [1.807, 2.05) is 17.8 Å². The van der Waals surface area contributed by atoms with Gasteiger partial charge in [0.05, 0.1) is 12.2 Å². The fourth-order valence-electron chi connectivity index (χ4n) is 3.05. The monoisotopic (exact) mass is 334 g/mol. The van der Waals surface area contributed by atoms with E-state index in [4.69, 9.17) is 0 Å². The van der Waals surface area contributed by atoms with Gasteiger partial charge in [0, 0.05) is 56.5 Å². The van der Waals surface area contributed by atoms with E-state index < -0.39 is 0 Å². The number of hydrogen-bond donors (Lipinski definition) is 1. The van der Waals surface area contributed by atoms with Crippen molar-refractivity contribution in [2.45, 2.75) is 4.90 Å². The third-order valence-electron chi connectivity index (χ3n) is 4.51. The Hall–Kier alpha value is -1.24. The molecule has 0 aliphatic carbocycles. The van der Waals surface area contributed by atoms with Gasteiger partial charge >= 0.3 is 0 Å². The summed E-state index contributed by atoms with van der Waals surface area (Å²) in [4.78, 5) is 20.5. The standard InChI is InChI=1S/C17H26N4OS/c1-19-8-10-20(11-9-19)7-6-18-17(22)14-21-12-13-23-16-5-3-2-4-15(16)21/h2-5H,6-14H2,1H3,(H,18,22). The Morgan fingerprint density at radius 3 is 2.78 bits per heavy atom. The van der Waals surface area contributed by atoms with Crippen molar-refractivity contribution < 1.29 is 4.79 Å². The number of nitrogens with zero attached hydrogens (tertiary/aromatic N) is 3. The highest BCUT2D eigenvalue weighted by molar-refractivity contribution is 7.99. The van der Waals surface area contributed by atoms with Gasteiger partial charge in [-0.2, -0.15) is 0 Å². The molecule has 1 N–H and O–H groups in total. The van der Waals surface area contributed by atoms with Crippen LogP contribution in [0.1, 0.15) is 0 Å². The zero-order chi connectivity index (χ0) is 16.1. The van der Waals surface area contributed by atoms with Crippen molar-refractivity contribution in [2.24, 2.45) is 0 Å². The second-order valence-electron chi connectivity index (χ2n) is 6.23. The van der Waals surface area contributed by atoms with Gasteiger partial charge < -0.3 is 15.1 Å². The highest BCUT2D eigenvalue weighted by Crippen LogP contribution is 2.33. The lowest BCUT2D eigenvalue weighted by atomic mass is 10.2. The molecule has 1 aromatic carbocycles. The SMILES string of the molecule is CN1CCN(CCNC(=O)CN2CCSc3ccccc32)CC1.